The van der Waals surface area contributed by atoms with Crippen molar-refractivity contribution in [2.45, 2.75) is 6.42 Å². The van der Waals surface area contributed by atoms with Crippen LogP contribution in [0.15, 0.2) is 24.8 Å². The zero-order valence-corrected chi connectivity index (χ0v) is 6.61. The van der Waals surface area contributed by atoms with Crippen LogP contribution in [0.5, 0.6) is 0 Å². The number of rotatable bonds is 2. The Kier molecular flexibility index (Phi) is 1.61. The van der Waals surface area contributed by atoms with Gasteiger partial charge in [0.2, 0.25) is 0 Å². The van der Waals surface area contributed by atoms with Gasteiger partial charge in [-0.1, -0.05) is 18.2 Å². The van der Waals surface area contributed by atoms with E-state index in [-0.39, 0.29) is 0 Å². The van der Waals surface area contributed by atoms with E-state index in [2.05, 4.69) is 18.7 Å². The van der Waals surface area contributed by atoms with Gasteiger partial charge in [-0.2, -0.15) is 0 Å². The minimum Gasteiger partial charge on any atom is -0.396 e. The minimum atomic E-state index is 0.322. The van der Waals surface area contributed by atoms with Crippen LogP contribution in [0.2, 0.25) is 0 Å². The van der Waals surface area contributed by atoms with Gasteiger partial charge in [-0.15, -0.1) is 6.58 Å². The number of allylic oxidation sites excluding steroid dienone is 3. The molecule has 0 amide bonds. The molecule has 0 aromatic heterocycles. The summed E-state index contributed by atoms with van der Waals surface area (Å²) in [7, 11) is 0. The topological polar surface area (TPSA) is 20.2 Å². The third kappa shape index (κ3) is 0.875. The maximum absolute atomic E-state index is 9.11. The molecule has 0 radical (unpaired) electrons. The summed E-state index contributed by atoms with van der Waals surface area (Å²) in [6.45, 7) is 4.14. The number of hydrogen-bond donors (Lipinski definition) is 1. The molecule has 1 fully saturated rings. The average molecular weight is 150 g/mol. The second-order valence-electron chi connectivity index (χ2n) is 3.61. The third-order valence-electron chi connectivity index (χ3n) is 3.17. The Hall–Kier alpha value is -0.560. The Bertz CT molecular complexity index is 195. The lowest BCUT2D eigenvalue weighted by Crippen LogP contribution is -2.20. The first-order valence-electron chi connectivity index (χ1n) is 4.28. The van der Waals surface area contributed by atoms with Gasteiger partial charge in [0.05, 0.1) is 0 Å². The monoisotopic (exact) mass is 150 g/mol. The molecule has 2 bridgehead atoms. The highest BCUT2D eigenvalue weighted by atomic mass is 16.3. The van der Waals surface area contributed by atoms with E-state index < -0.39 is 0 Å². The van der Waals surface area contributed by atoms with E-state index in [1.165, 1.54) is 6.42 Å². The maximum Gasteiger partial charge on any atom is 0.0470 e. The lowest BCUT2D eigenvalue weighted by Gasteiger charge is -2.22. The fourth-order valence-corrected chi connectivity index (χ4v) is 2.57. The van der Waals surface area contributed by atoms with Gasteiger partial charge in [-0.05, 0) is 30.1 Å². The fraction of sp³-hybridized carbons (Fsp3) is 0.600. The van der Waals surface area contributed by atoms with Crippen molar-refractivity contribution >= 4 is 0 Å². The van der Waals surface area contributed by atoms with Crippen LogP contribution in [0.4, 0.5) is 0 Å². The SMILES string of the molecule is C=C[C@H]1[C@@H](CO)[C@H]2C=C[C@@H]1C2. The molecule has 2 aliphatic rings. The Morgan fingerprint density at radius 2 is 2.18 bits per heavy atom. The summed E-state index contributed by atoms with van der Waals surface area (Å²) in [6.07, 6.45) is 7.78. The predicted molar refractivity (Wildman–Crippen MR) is 45.0 cm³/mol. The van der Waals surface area contributed by atoms with Crippen LogP contribution in [0.3, 0.4) is 0 Å². The Labute approximate surface area is 67.4 Å². The molecule has 0 unspecified atom stereocenters. The van der Waals surface area contributed by atoms with Gasteiger partial charge in [-0.3, -0.25) is 0 Å². The first kappa shape index (κ1) is 7.11. The Balaban J connectivity index is 2.21. The van der Waals surface area contributed by atoms with E-state index in [9.17, 15) is 0 Å². The first-order chi connectivity index (χ1) is 5.36. The number of fused-ring (bicyclic) bond motifs is 2. The van der Waals surface area contributed by atoms with Crippen molar-refractivity contribution in [3.63, 3.8) is 0 Å². The quantitative estimate of drug-likeness (QED) is 0.593. The smallest absolute Gasteiger partial charge is 0.0470 e. The van der Waals surface area contributed by atoms with E-state index in [0.717, 1.165) is 0 Å². The van der Waals surface area contributed by atoms with Gasteiger partial charge in [0.25, 0.3) is 0 Å². The summed E-state index contributed by atoms with van der Waals surface area (Å²) in [5.74, 6) is 2.31. The molecule has 60 valence electrons. The Morgan fingerprint density at radius 3 is 2.73 bits per heavy atom. The van der Waals surface area contributed by atoms with Crippen molar-refractivity contribution < 1.29 is 5.11 Å². The molecule has 0 aliphatic heterocycles. The van der Waals surface area contributed by atoms with Gasteiger partial charge in [0.1, 0.15) is 0 Å². The van der Waals surface area contributed by atoms with Crippen LogP contribution in [-0.2, 0) is 0 Å². The van der Waals surface area contributed by atoms with E-state index >= 15 is 0 Å². The van der Waals surface area contributed by atoms with Gasteiger partial charge in [0, 0.05) is 6.61 Å². The Morgan fingerprint density at radius 1 is 1.45 bits per heavy atom. The minimum absolute atomic E-state index is 0.322. The highest BCUT2D eigenvalue weighted by molar-refractivity contribution is 5.16. The van der Waals surface area contributed by atoms with E-state index in [0.29, 0.717) is 30.3 Å². The van der Waals surface area contributed by atoms with Crippen LogP contribution >= 0.6 is 0 Å². The van der Waals surface area contributed by atoms with Crippen molar-refractivity contribution in [3.8, 4) is 0 Å². The van der Waals surface area contributed by atoms with E-state index in [4.69, 9.17) is 5.11 Å². The molecule has 2 aliphatic carbocycles. The molecule has 0 heterocycles. The molecule has 1 saturated carbocycles. The summed E-state index contributed by atoms with van der Waals surface area (Å²) in [5, 5.41) is 9.11. The molecule has 1 heteroatoms. The van der Waals surface area contributed by atoms with Crippen molar-refractivity contribution in [2.24, 2.45) is 23.7 Å². The van der Waals surface area contributed by atoms with Crippen molar-refractivity contribution in [2.75, 3.05) is 6.61 Å². The molecule has 11 heavy (non-hydrogen) atoms. The summed E-state index contributed by atoms with van der Waals surface area (Å²) < 4.78 is 0. The summed E-state index contributed by atoms with van der Waals surface area (Å²) >= 11 is 0. The van der Waals surface area contributed by atoms with Gasteiger partial charge in [-0.25, -0.2) is 0 Å². The lowest BCUT2D eigenvalue weighted by atomic mass is 9.84. The molecule has 0 aromatic rings. The van der Waals surface area contributed by atoms with Crippen LogP contribution in [0.25, 0.3) is 0 Å². The molecular formula is C10H14O. The van der Waals surface area contributed by atoms with Crippen molar-refractivity contribution in [1.29, 1.82) is 0 Å². The highest BCUT2D eigenvalue weighted by Gasteiger charge is 2.42. The highest BCUT2D eigenvalue weighted by Crippen LogP contribution is 2.47. The second kappa shape index (κ2) is 2.49. The zero-order valence-electron chi connectivity index (χ0n) is 6.61. The lowest BCUT2D eigenvalue weighted by molar-refractivity contribution is 0.183. The van der Waals surface area contributed by atoms with Crippen LogP contribution in [0.1, 0.15) is 6.42 Å². The second-order valence-corrected chi connectivity index (χ2v) is 3.61. The fourth-order valence-electron chi connectivity index (χ4n) is 2.57. The average Bonchev–Trinajstić information content (AvgIpc) is 2.60. The molecule has 0 spiro atoms. The predicted octanol–water partition coefficient (Wildman–Crippen LogP) is 1.60. The normalized spacial score (nSPS) is 46.6. The molecule has 2 rings (SSSR count). The summed E-state index contributed by atoms with van der Waals surface area (Å²) in [5.41, 5.74) is 0. The molecule has 1 nitrogen and oxygen atoms in total. The van der Waals surface area contributed by atoms with E-state index in [1.54, 1.807) is 0 Å². The van der Waals surface area contributed by atoms with Gasteiger partial charge < -0.3 is 5.11 Å². The van der Waals surface area contributed by atoms with Gasteiger partial charge in [0.15, 0.2) is 0 Å². The number of aliphatic hydroxyl groups excluding tert-OH is 1. The zero-order chi connectivity index (χ0) is 7.84. The van der Waals surface area contributed by atoms with Crippen LogP contribution in [-0.4, -0.2) is 11.7 Å². The van der Waals surface area contributed by atoms with Crippen molar-refractivity contribution in [1.82, 2.24) is 0 Å². The molecular weight excluding hydrogens is 136 g/mol. The number of aliphatic hydroxyl groups is 1. The summed E-state index contributed by atoms with van der Waals surface area (Å²) in [6, 6.07) is 0. The van der Waals surface area contributed by atoms with Gasteiger partial charge >= 0.3 is 0 Å². The first-order valence-corrected chi connectivity index (χ1v) is 4.28. The molecule has 0 aromatic carbocycles. The van der Waals surface area contributed by atoms with Crippen molar-refractivity contribution in [3.05, 3.63) is 24.8 Å². The largest absolute Gasteiger partial charge is 0.396 e. The number of hydrogen-bond acceptors (Lipinski definition) is 1. The molecule has 1 N–H and O–H groups in total. The molecule has 4 atom stereocenters. The van der Waals surface area contributed by atoms with E-state index in [1.807, 2.05) is 6.08 Å². The summed E-state index contributed by atoms with van der Waals surface area (Å²) in [4.78, 5) is 0. The third-order valence-corrected chi connectivity index (χ3v) is 3.17. The van der Waals surface area contributed by atoms with Crippen LogP contribution in [0, 0.1) is 23.7 Å². The maximum atomic E-state index is 9.11. The molecule has 0 saturated heterocycles. The standard InChI is InChI=1S/C10H14O/c1-2-9-7-3-4-8(5-7)10(9)6-11/h2-4,7-11H,1,5-6H2/t7-,8+,9-,10+/m1/s1. The van der Waals surface area contributed by atoms with Crippen LogP contribution < -0.4 is 0 Å².